The van der Waals surface area contributed by atoms with Crippen LogP contribution in [0.2, 0.25) is 0 Å². The van der Waals surface area contributed by atoms with Crippen LogP contribution in [0.15, 0.2) is 36.4 Å². The number of hydrogen-bond acceptors (Lipinski definition) is 2. The van der Waals surface area contributed by atoms with Crippen molar-refractivity contribution in [1.29, 1.82) is 0 Å². The summed E-state index contributed by atoms with van der Waals surface area (Å²) in [5, 5.41) is 0. The molecule has 0 aliphatic heterocycles. The standard InChI is InChI=1S/C13H7F4NO/c14-12-6-8(7-19)5-11(18-12)9-3-1-2-4-10(9)13(15,16)17/h1-7H. The molecular weight excluding hydrogens is 262 g/mol. The number of halogens is 4. The van der Waals surface area contributed by atoms with Gasteiger partial charge in [-0.3, -0.25) is 4.79 Å². The fourth-order valence-electron chi connectivity index (χ4n) is 1.68. The topological polar surface area (TPSA) is 30.0 Å². The zero-order valence-corrected chi connectivity index (χ0v) is 9.41. The van der Waals surface area contributed by atoms with Crippen LogP contribution in [0.1, 0.15) is 15.9 Å². The molecule has 0 radical (unpaired) electrons. The van der Waals surface area contributed by atoms with Crippen molar-refractivity contribution in [3.63, 3.8) is 0 Å². The van der Waals surface area contributed by atoms with Gasteiger partial charge in [0.1, 0.15) is 6.29 Å². The first-order chi connectivity index (χ1) is 8.91. The Bertz CT molecular complexity index is 622. The van der Waals surface area contributed by atoms with E-state index in [9.17, 15) is 22.4 Å². The lowest BCUT2D eigenvalue weighted by Gasteiger charge is -2.12. The molecule has 1 heterocycles. The molecule has 0 aliphatic rings. The Morgan fingerprint density at radius 1 is 1.11 bits per heavy atom. The first-order valence-electron chi connectivity index (χ1n) is 5.21. The number of rotatable bonds is 2. The Kier molecular flexibility index (Phi) is 3.33. The quantitative estimate of drug-likeness (QED) is 0.472. The van der Waals surface area contributed by atoms with Crippen molar-refractivity contribution in [3.05, 3.63) is 53.5 Å². The molecule has 6 heteroatoms. The van der Waals surface area contributed by atoms with E-state index >= 15 is 0 Å². The minimum atomic E-state index is -4.58. The third kappa shape index (κ3) is 2.78. The maximum absolute atomic E-state index is 13.2. The Hall–Kier alpha value is -2.24. The van der Waals surface area contributed by atoms with E-state index in [-0.39, 0.29) is 16.8 Å². The molecule has 2 aromatic rings. The number of benzene rings is 1. The number of aldehydes is 1. The molecule has 2 nitrogen and oxygen atoms in total. The zero-order valence-electron chi connectivity index (χ0n) is 9.41. The normalized spacial score (nSPS) is 11.4. The number of alkyl halides is 3. The third-order valence-electron chi connectivity index (χ3n) is 2.46. The molecule has 0 saturated heterocycles. The first kappa shape index (κ1) is 13.2. The Morgan fingerprint density at radius 3 is 2.42 bits per heavy atom. The lowest BCUT2D eigenvalue weighted by atomic mass is 10.0. The summed E-state index contributed by atoms with van der Waals surface area (Å²) in [6.07, 6.45) is -4.23. The van der Waals surface area contributed by atoms with Gasteiger partial charge in [-0.25, -0.2) is 4.98 Å². The molecule has 1 aromatic heterocycles. The van der Waals surface area contributed by atoms with E-state index < -0.39 is 17.7 Å². The molecule has 0 bridgehead atoms. The van der Waals surface area contributed by atoms with Gasteiger partial charge in [-0.15, -0.1) is 0 Å². The van der Waals surface area contributed by atoms with Crippen molar-refractivity contribution < 1.29 is 22.4 Å². The summed E-state index contributed by atoms with van der Waals surface area (Å²) in [5.74, 6) is -1.00. The Labute approximate surface area is 105 Å². The van der Waals surface area contributed by atoms with Gasteiger partial charge in [-0.05, 0) is 12.1 Å². The highest BCUT2D eigenvalue weighted by Crippen LogP contribution is 2.36. The van der Waals surface area contributed by atoms with Crippen molar-refractivity contribution in [2.24, 2.45) is 0 Å². The van der Waals surface area contributed by atoms with Crippen LogP contribution >= 0.6 is 0 Å². The number of carbonyl (C=O) groups is 1. The number of pyridine rings is 1. The second-order valence-electron chi connectivity index (χ2n) is 3.77. The molecule has 1 aromatic carbocycles. The molecule has 98 valence electrons. The van der Waals surface area contributed by atoms with E-state index in [1.807, 2.05) is 0 Å². The lowest BCUT2D eigenvalue weighted by Crippen LogP contribution is -2.07. The number of hydrogen-bond donors (Lipinski definition) is 0. The van der Waals surface area contributed by atoms with Crippen molar-refractivity contribution >= 4 is 6.29 Å². The van der Waals surface area contributed by atoms with Gasteiger partial charge in [-0.1, -0.05) is 18.2 Å². The summed E-state index contributed by atoms with van der Waals surface area (Å²) in [6, 6.07) is 6.64. The first-order valence-corrected chi connectivity index (χ1v) is 5.21. The highest BCUT2D eigenvalue weighted by atomic mass is 19.4. The van der Waals surface area contributed by atoms with E-state index in [0.717, 1.165) is 18.2 Å². The van der Waals surface area contributed by atoms with Crippen LogP contribution in [-0.2, 0) is 6.18 Å². The highest BCUT2D eigenvalue weighted by molar-refractivity contribution is 5.78. The monoisotopic (exact) mass is 269 g/mol. The van der Waals surface area contributed by atoms with E-state index in [1.54, 1.807) is 0 Å². The molecule has 19 heavy (non-hydrogen) atoms. The van der Waals surface area contributed by atoms with Gasteiger partial charge in [0.2, 0.25) is 5.95 Å². The van der Waals surface area contributed by atoms with Crippen LogP contribution in [0.3, 0.4) is 0 Å². The van der Waals surface area contributed by atoms with Gasteiger partial charge in [0.05, 0.1) is 11.3 Å². The third-order valence-corrected chi connectivity index (χ3v) is 2.46. The predicted molar refractivity (Wildman–Crippen MR) is 60.0 cm³/mol. The summed E-state index contributed by atoms with van der Waals surface area (Å²) in [6.45, 7) is 0. The van der Waals surface area contributed by atoms with E-state index in [0.29, 0.717) is 6.29 Å². The second kappa shape index (κ2) is 4.79. The Morgan fingerprint density at radius 2 is 1.79 bits per heavy atom. The molecule has 2 rings (SSSR count). The second-order valence-corrected chi connectivity index (χ2v) is 3.77. The zero-order chi connectivity index (χ0) is 14.0. The molecule has 0 N–H and O–H groups in total. The summed E-state index contributed by atoms with van der Waals surface area (Å²) >= 11 is 0. The molecule has 0 aliphatic carbocycles. The van der Waals surface area contributed by atoms with Crippen LogP contribution in [0.4, 0.5) is 17.6 Å². The van der Waals surface area contributed by atoms with Gasteiger partial charge < -0.3 is 0 Å². The van der Waals surface area contributed by atoms with Crippen molar-refractivity contribution in [2.75, 3.05) is 0 Å². The minimum Gasteiger partial charge on any atom is -0.298 e. The van der Waals surface area contributed by atoms with Gasteiger partial charge in [0, 0.05) is 17.2 Å². The Balaban J connectivity index is 2.65. The molecule has 0 fully saturated rings. The molecule has 0 amide bonds. The fraction of sp³-hybridized carbons (Fsp3) is 0.0769. The van der Waals surface area contributed by atoms with Gasteiger partial charge >= 0.3 is 6.18 Å². The van der Waals surface area contributed by atoms with Crippen molar-refractivity contribution in [1.82, 2.24) is 4.98 Å². The predicted octanol–water partition coefficient (Wildman–Crippen LogP) is 3.72. The van der Waals surface area contributed by atoms with Crippen molar-refractivity contribution in [2.45, 2.75) is 6.18 Å². The number of carbonyl (C=O) groups excluding carboxylic acids is 1. The van der Waals surface area contributed by atoms with Crippen LogP contribution in [0.5, 0.6) is 0 Å². The highest BCUT2D eigenvalue weighted by Gasteiger charge is 2.33. The van der Waals surface area contributed by atoms with Crippen LogP contribution in [0, 0.1) is 5.95 Å². The van der Waals surface area contributed by atoms with E-state index in [2.05, 4.69) is 4.98 Å². The fourth-order valence-corrected chi connectivity index (χ4v) is 1.68. The summed E-state index contributed by atoms with van der Waals surface area (Å²) in [5.41, 5.74) is -1.49. The smallest absolute Gasteiger partial charge is 0.298 e. The summed E-state index contributed by atoms with van der Waals surface area (Å²) in [7, 11) is 0. The van der Waals surface area contributed by atoms with Crippen molar-refractivity contribution in [3.8, 4) is 11.3 Å². The van der Waals surface area contributed by atoms with Crippen LogP contribution in [-0.4, -0.2) is 11.3 Å². The largest absolute Gasteiger partial charge is 0.417 e. The lowest BCUT2D eigenvalue weighted by molar-refractivity contribution is -0.137. The SMILES string of the molecule is O=Cc1cc(F)nc(-c2ccccc2C(F)(F)F)c1. The molecule has 0 spiro atoms. The maximum Gasteiger partial charge on any atom is 0.417 e. The average Bonchev–Trinajstić information content (AvgIpc) is 2.37. The van der Waals surface area contributed by atoms with E-state index in [1.165, 1.54) is 18.2 Å². The molecular formula is C13H7F4NO. The number of nitrogens with zero attached hydrogens (tertiary/aromatic N) is 1. The average molecular weight is 269 g/mol. The molecule has 0 saturated carbocycles. The summed E-state index contributed by atoms with van der Waals surface area (Å²) in [4.78, 5) is 14.0. The number of aromatic nitrogens is 1. The van der Waals surface area contributed by atoms with E-state index in [4.69, 9.17) is 0 Å². The summed E-state index contributed by atoms with van der Waals surface area (Å²) < 4.78 is 51.7. The molecule has 0 atom stereocenters. The van der Waals surface area contributed by atoms with Gasteiger partial charge in [0.15, 0.2) is 0 Å². The maximum atomic E-state index is 13.2. The van der Waals surface area contributed by atoms with Crippen LogP contribution in [0.25, 0.3) is 11.3 Å². The minimum absolute atomic E-state index is 0.0699. The van der Waals surface area contributed by atoms with Gasteiger partial charge in [-0.2, -0.15) is 17.6 Å². The van der Waals surface area contributed by atoms with Crippen LogP contribution < -0.4 is 0 Å². The van der Waals surface area contributed by atoms with Gasteiger partial charge in [0.25, 0.3) is 0 Å². The molecule has 0 unspecified atom stereocenters.